The molecular weight excluding hydrogens is 194 g/mol. The van der Waals surface area contributed by atoms with Gasteiger partial charge in [0.15, 0.2) is 0 Å². The van der Waals surface area contributed by atoms with Crippen molar-refractivity contribution >= 4 is 0 Å². The van der Waals surface area contributed by atoms with Gasteiger partial charge in [-0.2, -0.15) is 0 Å². The van der Waals surface area contributed by atoms with Gasteiger partial charge in [-0.15, -0.1) is 0 Å². The number of aryl methyl sites for hydroxylation is 1. The van der Waals surface area contributed by atoms with Crippen LogP contribution in [0.15, 0.2) is 18.2 Å². The molecule has 1 aromatic rings. The Hall–Kier alpha value is -0.820. The highest BCUT2D eigenvalue weighted by molar-refractivity contribution is 5.34. The van der Waals surface area contributed by atoms with Crippen molar-refractivity contribution in [3.05, 3.63) is 34.9 Å². The fraction of sp³-hybridized carbons (Fsp3) is 0.600. The Bertz CT molecular complexity index is 350. The fourth-order valence-electron chi connectivity index (χ4n) is 2.14. The maximum absolute atomic E-state index is 3.62. The Labute approximate surface area is 99.3 Å². The summed E-state index contributed by atoms with van der Waals surface area (Å²) in [6, 6.07) is 7.76. The second-order valence-corrected chi connectivity index (χ2v) is 5.20. The van der Waals surface area contributed by atoms with E-state index >= 15 is 0 Å². The van der Waals surface area contributed by atoms with Crippen LogP contribution in [-0.4, -0.2) is 6.04 Å². The van der Waals surface area contributed by atoms with Gasteiger partial charge in [-0.05, 0) is 41.9 Å². The molecule has 0 heterocycles. The Balaban J connectivity index is 2.14. The molecule has 0 atom stereocenters. The van der Waals surface area contributed by atoms with Gasteiger partial charge < -0.3 is 5.32 Å². The molecule has 0 aliphatic heterocycles. The van der Waals surface area contributed by atoms with Gasteiger partial charge in [-0.25, -0.2) is 0 Å². The highest BCUT2D eigenvalue weighted by atomic mass is 14.9. The predicted molar refractivity (Wildman–Crippen MR) is 69.8 cm³/mol. The molecule has 0 radical (unpaired) electrons. The summed E-state index contributed by atoms with van der Waals surface area (Å²) in [7, 11) is 0. The molecule has 1 nitrogen and oxygen atoms in total. The summed E-state index contributed by atoms with van der Waals surface area (Å²) in [5.41, 5.74) is 4.46. The first kappa shape index (κ1) is 11.7. The minimum Gasteiger partial charge on any atom is -0.310 e. The van der Waals surface area contributed by atoms with Crippen molar-refractivity contribution in [1.29, 1.82) is 0 Å². The van der Waals surface area contributed by atoms with E-state index in [0.29, 0.717) is 5.92 Å². The average Bonchev–Trinajstić information content (AvgIpc) is 3.09. The van der Waals surface area contributed by atoms with Crippen molar-refractivity contribution in [2.24, 2.45) is 0 Å². The SMILES string of the molecule is CCc1ccc(C(C)C)c(CNC2CC2)c1. The lowest BCUT2D eigenvalue weighted by Gasteiger charge is -2.15. The van der Waals surface area contributed by atoms with Gasteiger partial charge in [-0.1, -0.05) is 39.0 Å². The minimum atomic E-state index is 0.627. The largest absolute Gasteiger partial charge is 0.310 e. The van der Waals surface area contributed by atoms with Crippen LogP contribution in [0.4, 0.5) is 0 Å². The minimum absolute atomic E-state index is 0.627. The highest BCUT2D eigenvalue weighted by Crippen LogP contribution is 2.24. The van der Waals surface area contributed by atoms with Crippen LogP contribution in [0.2, 0.25) is 0 Å². The second kappa shape index (κ2) is 5.01. The lowest BCUT2D eigenvalue weighted by Crippen LogP contribution is -2.17. The van der Waals surface area contributed by atoms with E-state index < -0.39 is 0 Å². The van der Waals surface area contributed by atoms with Crippen LogP contribution in [0, 0.1) is 0 Å². The van der Waals surface area contributed by atoms with Gasteiger partial charge in [-0.3, -0.25) is 0 Å². The normalized spacial score (nSPS) is 15.8. The number of benzene rings is 1. The number of hydrogen-bond acceptors (Lipinski definition) is 1. The molecule has 0 unspecified atom stereocenters. The van der Waals surface area contributed by atoms with Crippen molar-refractivity contribution < 1.29 is 0 Å². The van der Waals surface area contributed by atoms with E-state index in [1.165, 1.54) is 29.5 Å². The number of nitrogens with one attached hydrogen (secondary N) is 1. The van der Waals surface area contributed by atoms with E-state index in [9.17, 15) is 0 Å². The van der Waals surface area contributed by atoms with Crippen LogP contribution in [0.25, 0.3) is 0 Å². The van der Waals surface area contributed by atoms with Crippen LogP contribution in [0.3, 0.4) is 0 Å². The summed E-state index contributed by atoms with van der Waals surface area (Å²) in [5, 5.41) is 3.62. The van der Waals surface area contributed by atoms with Gasteiger partial charge >= 0.3 is 0 Å². The molecule has 1 heteroatoms. The van der Waals surface area contributed by atoms with Crippen LogP contribution < -0.4 is 5.32 Å². The van der Waals surface area contributed by atoms with Crippen molar-refractivity contribution in [3.63, 3.8) is 0 Å². The molecule has 1 N–H and O–H groups in total. The molecule has 0 aromatic heterocycles. The zero-order chi connectivity index (χ0) is 11.5. The zero-order valence-electron chi connectivity index (χ0n) is 10.7. The molecule has 0 bridgehead atoms. The summed E-state index contributed by atoms with van der Waals surface area (Å²) in [4.78, 5) is 0. The van der Waals surface area contributed by atoms with Gasteiger partial charge in [0, 0.05) is 12.6 Å². The molecule has 16 heavy (non-hydrogen) atoms. The molecule has 1 saturated carbocycles. The summed E-state index contributed by atoms with van der Waals surface area (Å²) < 4.78 is 0. The first-order chi connectivity index (χ1) is 7.70. The summed E-state index contributed by atoms with van der Waals surface area (Å²) in [5.74, 6) is 0.627. The lowest BCUT2D eigenvalue weighted by atomic mass is 9.94. The van der Waals surface area contributed by atoms with Gasteiger partial charge in [0.25, 0.3) is 0 Å². The molecule has 0 amide bonds. The molecule has 1 aliphatic carbocycles. The van der Waals surface area contributed by atoms with E-state index in [4.69, 9.17) is 0 Å². The van der Waals surface area contributed by atoms with Crippen molar-refractivity contribution in [2.75, 3.05) is 0 Å². The maximum Gasteiger partial charge on any atom is 0.0211 e. The Morgan fingerprint density at radius 1 is 1.31 bits per heavy atom. The Morgan fingerprint density at radius 2 is 2.06 bits per heavy atom. The van der Waals surface area contributed by atoms with Gasteiger partial charge in [0.05, 0.1) is 0 Å². The number of rotatable bonds is 5. The smallest absolute Gasteiger partial charge is 0.0211 e. The average molecular weight is 217 g/mol. The fourth-order valence-corrected chi connectivity index (χ4v) is 2.14. The van der Waals surface area contributed by atoms with Crippen LogP contribution in [0.1, 0.15) is 56.2 Å². The summed E-state index contributed by atoms with van der Waals surface area (Å²) in [6.07, 6.45) is 3.86. The summed E-state index contributed by atoms with van der Waals surface area (Å²) >= 11 is 0. The number of hydrogen-bond donors (Lipinski definition) is 1. The van der Waals surface area contributed by atoms with Crippen molar-refractivity contribution in [1.82, 2.24) is 5.32 Å². The first-order valence-corrected chi connectivity index (χ1v) is 6.55. The van der Waals surface area contributed by atoms with Gasteiger partial charge in [0.2, 0.25) is 0 Å². The first-order valence-electron chi connectivity index (χ1n) is 6.55. The van der Waals surface area contributed by atoms with E-state index in [1.54, 1.807) is 0 Å². The zero-order valence-corrected chi connectivity index (χ0v) is 10.7. The molecule has 1 fully saturated rings. The quantitative estimate of drug-likeness (QED) is 0.794. The Kier molecular flexibility index (Phi) is 3.65. The monoisotopic (exact) mass is 217 g/mol. The van der Waals surface area contributed by atoms with Gasteiger partial charge in [0.1, 0.15) is 0 Å². The molecule has 0 saturated heterocycles. The molecule has 88 valence electrons. The van der Waals surface area contributed by atoms with Crippen molar-refractivity contribution in [2.45, 2.75) is 58.5 Å². The van der Waals surface area contributed by atoms with Crippen LogP contribution in [-0.2, 0) is 13.0 Å². The third-order valence-electron chi connectivity index (χ3n) is 3.40. The van der Waals surface area contributed by atoms with E-state index in [0.717, 1.165) is 19.0 Å². The standard InChI is InChI=1S/C15H23N/c1-4-12-5-8-15(11(2)3)13(9-12)10-16-14-6-7-14/h5,8-9,11,14,16H,4,6-7,10H2,1-3H3. The predicted octanol–water partition coefficient (Wildman–Crippen LogP) is 3.62. The molecule has 0 spiro atoms. The highest BCUT2D eigenvalue weighted by Gasteiger charge is 2.20. The third-order valence-corrected chi connectivity index (χ3v) is 3.40. The van der Waals surface area contributed by atoms with E-state index in [-0.39, 0.29) is 0 Å². The molecular formula is C15H23N. The second-order valence-electron chi connectivity index (χ2n) is 5.20. The third kappa shape index (κ3) is 2.85. The molecule has 1 aliphatic rings. The lowest BCUT2D eigenvalue weighted by molar-refractivity contribution is 0.675. The van der Waals surface area contributed by atoms with Crippen LogP contribution in [0.5, 0.6) is 0 Å². The van der Waals surface area contributed by atoms with E-state index in [2.05, 4.69) is 44.3 Å². The Morgan fingerprint density at radius 3 is 2.62 bits per heavy atom. The summed E-state index contributed by atoms with van der Waals surface area (Å²) in [6.45, 7) is 7.83. The molecule has 1 aromatic carbocycles. The topological polar surface area (TPSA) is 12.0 Å². The molecule has 2 rings (SSSR count). The van der Waals surface area contributed by atoms with Crippen molar-refractivity contribution in [3.8, 4) is 0 Å². The van der Waals surface area contributed by atoms with E-state index in [1.807, 2.05) is 0 Å². The van der Waals surface area contributed by atoms with Crippen LogP contribution >= 0.6 is 0 Å². The maximum atomic E-state index is 3.62.